The van der Waals surface area contributed by atoms with Crippen molar-refractivity contribution in [1.29, 1.82) is 0 Å². The molecule has 63 heavy (non-hydrogen) atoms. The first-order chi connectivity index (χ1) is 30.4. The summed E-state index contributed by atoms with van der Waals surface area (Å²) < 4.78 is 8.96. The maximum atomic E-state index is 13.3. The van der Waals surface area contributed by atoms with E-state index in [-0.39, 0.29) is 28.7 Å². The zero-order valence-electron chi connectivity index (χ0n) is 37.2. The molecular formula is C50H63ClN6O4S2. The van der Waals surface area contributed by atoms with Crippen molar-refractivity contribution < 1.29 is 14.5 Å². The quantitative estimate of drug-likeness (QED) is 0.0434. The Hall–Kier alpha value is -4.04. The lowest BCUT2D eigenvalue weighted by atomic mass is 9.73. The molecule has 3 aliphatic rings. The van der Waals surface area contributed by atoms with Crippen LogP contribution in [0.15, 0.2) is 112 Å². The van der Waals surface area contributed by atoms with Crippen molar-refractivity contribution >= 4 is 63.9 Å². The van der Waals surface area contributed by atoms with Gasteiger partial charge in [0.15, 0.2) is 0 Å². The third-order valence-corrected chi connectivity index (χ3v) is 14.6. The first-order valence-electron chi connectivity index (χ1n) is 22.5. The van der Waals surface area contributed by atoms with E-state index in [1.807, 2.05) is 60.7 Å². The van der Waals surface area contributed by atoms with E-state index in [4.69, 9.17) is 16.3 Å². The fourth-order valence-corrected chi connectivity index (χ4v) is 10.7. The molecule has 0 unspecified atom stereocenters. The molecule has 2 fully saturated rings. The number of piperidine rings is 1. The number of rotatable bonds is 18. The van der Waals surface area contributed by atoms with Gasteiger partial charge in [0.2, 0.25) is 0 Å². The minimum Gasteiger partial charge on any atom is -0.376 e. The minimum absolute atomic E-state index is 0.00407. The lowest BCUT2D eigenvalue weighted by molar-refractivity contribution is -0.384. The number of nitrogens with zero attached hydrogens (tertiary/aromatic N) is 4. The summed E-state index contributed by atoms with van der Waals surface area (Å²) in [6, 6.07) is 31.5. The molecule has 4 aromatic carbocycles. The van der Waals surface area contributed by atoms with Gasteiger partial charge in [-0.25, -0.2) is 0 Å². The van der Waals surface area contributed by atoms with Gasteiger partial charge in [0.25, 0.3) is 11.6 Å². The van der Waals surface area contributed by atoms with E-state index in [2.05, 4.69) is 76.7 Å². The summed E-state index contributed by atoms with van der Waals surface area (Å²) in [5, 5.41) is 16.7. The number of thioether (sulfide) groups is 1. The highest BCUT2D eigenvalue weighted by molar-refractivity contribution is 7.99. The second-order valence-electron chi connectivity index (χ2n) is 18.2. The highest BCUT2D eigenvalue weighted by Gasteiger charge is 2.30. The molecule has 1 atom stereocenters. The summed E-state index contributed by atoms with van der Waals surface area (Å²) in [5.41, 5.74) is 6.72. The predicted molar refractivity (Wildman–Crippen MR) is 262 cm³/mol. The molecule has 0 spiro atoms. The number of nitro benzene ring substituents is 1. The fourth-order valence-electron chi connectivity index (χ4n) is 8.96. The summed E-state index contributed by atoms with van der Waals surface area (Å²) in [5.74, 6) is 0.512. The van der Waals surface area contributed by atoms with Gasteiger partial charge in [0.1, 0.15) is 5.69 Å². The second-order valence-corrected chi connectivity index (χ2v) is 20.6. The molecule has 0 bridgehead atoms. The van der Waals surface area contributed by atoms with Crippen LogP contribution in [-0.2, 0) is 4.74 Å². The van der Waals surface area contributed by atoms with Gasteiger partial charge in [0, 0.05) is 96.3 Å². The Morgan fingerprint density at radius 3 is 2.30 bits per heavy atom. The number of piperazine rings is 1. The number of benzene rings is 4. The van der Waals surface area contributed by atoms with Crippen LogP contribution in [0.5, 0.6) is 0 Å². The number of carbonyl (C=O) groups excluding carboxylic acids is 1. The standard InChI is InChI=1S/C50H63ClN6O4S2/c1-36(2)61-43-22-26-54(27-23-43)25-21-41(35-62-44-8-6-5-7-9-44)52-47-19-18-45(32-48(47)57(59)60)63-53-49(58)38-12-16-42(17-13-38)56-30-28-55(29-31-56)34-39-33-50(3,4)24-20-46(39)37-10-14-40(51)15-11-37/h5-19,32,36,41,43,52H,20-31,33-35H2,1-4H3,(H,53,58)/t41-/m1/s1. The minimum atomic E-state index is -0.347. The molecular weight excluding hydrogens is 848 g/mol. The van der Waals surface area contributed by atoms with Crippen LogP contribution in [0.3, 0.4) is 0 Å². The lowest BCUT2D eigenvalue weighted by Crippen LogP contribution is -2.47. The second kappa shape index (κ2) is 22.2. The number of nitrogens with one attached hydrogen (secondary N) is 2. The van der Waals surface area contributed by atoms with Crippen molar-refractivity contribution in [3.05, 3.63) is 129 Å². The summed E-state index contributed by atoms with van der Waals surface area (Å²) in [4.78, 5) is 34.5. The van der Waals surface area contributed by atoms with E-state index in [1.54, 1.807) is 29.5 Å². The van der Waals surface area contributed by atoms with Crippen molar-refractivity contribution in [2.45, 2.75) is 94.3 Å². The van der Waals surface area contributed by atoms with Crippen molar-refractivity contribution in [3.8, 4) is 0 Å². The van der Waals surface area contributed by atoms with Gasteiger partial charge < -0.3 is 19.9 Å². The highest BCUT2D eigenvalue weighted by atomic mass is 35.5. The molecule has 0 saturated carbocycles. The SMILES string of the molecule is CC(C)OC1CCN(CC[C@H](CSc2ccccc2)Nc2ccc(SNC(=O)c3ccc(N4CCN(CC5=C(c6ccc(Cl)cc6)CCC(C)(C)C5)CC4)cc3)cc2[N+](=O)[O-])CC1. The van der Waals surface area contributed by atoms with Gasteiger partial charge in [-0.1, -0.05) is 61.4 Å². The molecule has 0 aromatic heterocycles. The smallest absolute Gasteiger partial charge is 0.293 e. The van der Waals surface area contributed by atoms with Crippen LogP contribution in [0.25, 0.3) is 5.57 Å². The number of hydrogen-bond donors (Lipinski definition) is 2. The normalized spacial score (nSPS) is 18.1. The third kappa shape index (κ3) is 13.7. The van der Waals surface area contributed by atoms with Crippen LogP contribution in [0.1, 0.15) is 82.1 Å². The van der Waals surface area contributed by atoms with E-state index in [0.29, 0.717) is 27.7 Å². The monoisotopic (exact) mass is 910 g/mol. The molecule has 2 heterocycles. The molecule has 7 rings (SSSR count). The number of halogens is 1. The molecule has 0 radical (unpaired) electrons. The molecule has 13 heteroatoms. The van der Waals surface area contributed by atoms with Gasteiger partial charge in [-0.05, 0) is 142 Å². The average Bonchev–Trinajstić information content (AvgIpc) is 3.28. The van der Waals surface area contributed by atoms with Crippen molar-refractivity contribution in [2.24, 2.45) is 5.41 Å². The van der Waals surface area contributed by atoms with Gasteiger partial charge in [-0.15, -0.1) is 11.8 Å². The van der Waals surface area contributed by atoms with E-state index < -0.39 is 0 Å². The summed E-state index contributed by atoms with van der Waals surface area (Å²) >= 11 is 9.06. The lowest BCUT2D eigenvalue weighted by Gasteiger charge is -2.39. The number of anilines is 2. The molecule has 2 aliphatic heterocycles. The molecule has 2 N–H and O–H groups in total. The summed E-state index contributed by atoms with van der Waals surface area (Å²) in [6.45, 7) is 16.6. The molecule has 1 aliphatic carbocycles. The van der Waals surface area contributed by atoms with Gasteiger partial charge >= 0.3 is 0 Å². The predicted octanol–water partition coefficient (Wildman–Crippen LogP) is 11.3. The number of amides is 1. The van der Waals surface area contributed by atoms with Crippen molar-refractivity contribution in [1.82, 2.24) is 14.5 Å². The number of likely N-dealkylation sites (tertiary alicyclic amines) is 1. The number of ether oxygens (including phenoxy) is 1. The maximum Gasteiger partial charge on any atom is 0.293 e. The first-order valence-corrected chi connectivity index (χ1v) is 24.7. The molecule has 4 aromatic rings. The maximum absolute atomic E-state index is 13.3. The van der Waals surface area contributed by atoms with E-state index in [1.165, 1.54) is 17.6 Å². The van der Waals surface area contributed by atoms with E-state index in [0.717, 1.165) is 118 Å². The van der Waals surface area contributed by atoms with Crippen LogP contribution in [0.2, 0.25) is 5.02 Å². The largest absolute Gasteiger partial charge is 0.376 e. The molecule has 10 nitrogen and oxygen atoms in total. The highest BCUT2D eigenvalue weighted by Crippen LogP contribution is 2.43. The number of hydrogen-bond acceptors (Lipinski definition) is 10. The first kappa shape index (κ1) is 46.9. The Kier molecular flexibility index (Phi) is 16.6. The fraction of sp³-hybridized carbons (Fsp3) is 0.460. The van der Waals surface area contributed by atoms with Crippen LogP contribution in [0.4, 0.5) is 17.1 Å². The van der Waals surface area contributed by atoms with Crippen molar-refractivity contribution in [2.75, 3.05) is 68.3 Å². The topological polar surface area (TPSA) is 103 Å². The van der Waals surface area contributed by atoms with Crippen LogP contribution >= 0.6 is 35.3 Å². The molecule has 336 valence electrons. The summed E-state index contributed by atoms with van der Waals surface area (Å²) in [6.07, 6.45) is 6.82. The van der Waals surface area contributed by atoms with E-state index in [9.17, 15) is 14.9 Å². The van der Waals surface area contributed by atoms with Gasteiger partial charge in [-0.3, -0.25) is 24.5 Å². The van der Waals surface area contributed by atoms with Crippen LogP contribution in [-0.4, -0.2) is 97.0 Å². The third-order valence-electron chi connectivity index (χ3n) is 12.4. The number of nitro groups is 1. The number of carbonyl (C=O) groups is 1. The average molecular weight is 912 g/mol. The Morgan fingerprint density at radius 2 is 1.62 bits per heavy atom. The van der Waals surface area contributed by atoms with Crippen LogP contribution < -0.4 is 14.9 Å². The molecule has 2 saturated heterocycles. The Labute approximate surface area is 387 Å². The zero-order valence-corrected chi connectivity index (χ0v) is 39.6. The van der Waals surface area contributed by atoms with E-state index >= 15 is 0 Å². The zero-order chi connectivity index (χ0) is 44.3. The van der Waals surface area contributed by atoms with Crippen LogP contribution in [0, 0.1) is 15.5 Å². The Balaban J connectivity index is 0.915. The molecule has 1 amide bonds. The Bertz CT molecular complexity index is 2160. The van der Waals surface area contributed by atoms with Crippen molar-refractivity contribution in [3.63, 3.8) is 0 Å². The number of allylic oxidation sites excluding steroid dienone is 1. The Morgan fingerprint density at radius 1 is 0.905 bits per heavy atom. The van der Waals surface area contributed by atoms with Gasteiger partial charge in [-0.2, -0.15) is 0 Å². The summed E-state index contributed by atoms with van der Waals surface area (Å²) in [7, 11) is 0. The van der Waals surface area contributed by atoms with Gasteiger partial charge in [0.05, 0.1) is 17.1 Å².